The standard InChI is InChI=1S/C29H34N4O6S/c1-20(2)18-33(40(36,37)27-16-10-15-24-28(27)32-39-31-24)19-26(34)25(17-22-11-6-4-7-12-22)30-29(35)38-21(3)23-13-8-5-9-14-23/h4-16,20-21,25-26,34H,17-19H2,1-3H3,(H,30,35)/t21-,25-,26+/m0/s1. The number of amides is 1. The van der Waals surface area contributed by atoms with E-state index < -0.39 is 34.4 Å². The van der Waals surface area contributed by atoms with Crippen LogP contribution in [0.25, 0.3) is 11.0 Å². The van der Waals surface area contributed by atoms with Gasteiger partial charge in [0.1, 0.15) is 16.5 Å². The molecule has 0 saturated heterocycles. The fourth-order valence-corrected chi connectivity index (χ4v) is 6.19. The summed E-state index contributed by atoms with van der Waals surface area (Å²) in [4.78, 5) is 12.9. The lowest BCUT2D eigenvalue weighted by atomic mass is 10.0. The van der Waals surface area contributed by atoms with Crippen LogP contribution in [0.3, 0.4) is 0 Å². The summed E-state index contributed by atoms with van der Waals surface area (Å²) in [5.74, 6) is -0.0474. The summed E-state index contributed by atoms with van der Waals surface area (Å²) in [5, 5.41) is 21.7. The zero-order valence-corrected chi connectivity index (χ0v) is 23.5. The van der Waals surface area contributed by atoms with Gasteiger partial charge in [-0.3, -0.25) is 0 Å². The predicted molar refractivity (Wildman–Crippen MR) is 150 cm³/mol. The second-order valence-corrected chi connectivity index (χ2v) is 12.0. The van der Waals surface area contributed by atoms with Crippen molar-refractivity contribution in [2.75, 3.05) is 13.1 Å². The third-order valence-corrected chi connectivity index (χ3v) is 8.31. The van der Waals surface area contributed by atoms with Gasteiger partial charge in [0.05, 0.1) is 12.1 Å². The molecule has 0 aliphatic rings. The number of aliphatic hydroxyl groups is 1. The van der Waals surface area contributed by atoms with Crippen molar-refractivity contribution in [1.29, 1.82) is 0 Å². The number of benzene rings is 3. The molecule has 40 heavy (non-hydrogen) atoms. The van der Waals surface area contributed by atoms with Crippen LogP contribution in [-0.2, 0) is 21.2 Å². The van der Waals surface area contributed by atoms with Crippen LogP contribution in [0, 0.1) is 5.92 Å². The number of hydrogen-bond acceptors (Lipinski definition) is 8. The Morgan fingerprint density at radius 2 is 1.62 bits per heavy atom. The number of alkyl carbamates (subject to hydrolysis) is 1. The smallest absolute Gasteiger partial charge is 0.408 e. The van der Waals surface area contributed by atoms with Gasteiger partial charge in [0.2, 0.25) is 10.0 Å². The number of aromatic nitrogens is 2. The molecule has 10 nitrogen and oxygen atoms in total. The Balaban J connectivity index is 1.57. The number of carbonyl (C=O) groups excluding carboxylic acids is 1. The van der Waals surface area contributed by atoms with E-state index in [1.165, 1.54) is 10.4 Å². The molecule has 1 amide bonds. The van der Waals surface area contributed by atoms with Gasteiger partial charge < -0.3 is 15.2 Å². The van der Waals surface area contributed by atoms with Gasteiger partial charge in [-0.05, 0) is 52.8 Å². The molecule has 4 rings (SSSR count). The van der Waals surface area contributed by atoms with Crippen molar-refractivity contribution in [3.63, 3.8) is 0 Å². The highest BCUT2D eigenvalue weighted by Crippen LogP contribution is 2.25. The normalized spacial score (nSPS) is 14.2. The van der Waals surface area contributed by atoms with Crippen molar-refractivity contribution < 1.29 is 27.7 Å². The number of rotatable bonds is 12. The zero-order valence-electron chi connectivity index (χ0n) is 22.7. The maximum absolute atomic E-state index is 13.8. The highest BCUT2D eigenvalue weighted by Gasteiger charge is 2.33. The van der Waals surface area contributed by atoms with Crippen LogP contribution < -0.4 is 5.32 Å². The summed E-state index contributed by atoms with van der Waals surface area (Å²) in [7, 11) is -4.11. The molecule has 2 N–H and O–H groups in total. The molecule has 0 saturated carbocycles. The fraction of sp³-hybridized carbons (Fsp3) is 0.345. The minimum atomic E-state index is -4.11. The average molecular weight is 567 g/mol. The minimum absolute atomic E-state index is 0.0474. The van der Waals surface area contributed by atoms with Crippen LogP contribution in [-0.4, -0.2) is 59.5 Å². The zero-order chi connectivity index (χ0) is 28.7. The molecule has 4 aromatic rings. The molecule has 11 heteroatoms. The first-order chi connectivity index (χ1) is 19.1. The van der Waals surface area contributed by atoms with Gasteiger partial charge in [0, 0.05) is 13.1 Å². The van der Waals surface area contributed by atoms with E-state index in [9.17, 15) is 18.3 Å². The third kappa shape index (κ3) is 7.23. The lowest BCUT2D eigenvalue weighted by Gasteiger charge is -2.30. The van der Waals surface area contributed by atoms with Crippen LogP contribution >= 0.6 is 0 Å². The maximum Gasteiger partial charge on any atom is 0.408 e. The maximum atomic E-state index is 13.8. The van der Waals surface area contributed by atoms with E-state index >= 15 is 0 Å². The third-order valence-electron chi connectivity index (χ3n) is 6.45. The van der Waals surface area contributed by atoms with E-state index in [1.807, 2.05) is 74.5 Å². The molecule has 0 bridgehead atoms. The summed E-state index contributed by atoms with van der Waals surface area (Å²) in [6.07, 6.45) is -2.24. The van der Waals surface area contributed by atoms with E-state index in [0.29, 0.717) is 5.52 Å². The van der Waals surface area contributed by atoms with Crippen molar-refractivity contribution in [3.05, 3.63) is 90.0 Å². The molecular formula is C29H34N4O6S. The summed E-state index contributed by atoms with van der Waals surface area (Å²) in [5.41, 5.74) is 2.11. The number of hydrogen-bond donors (Lipinski definition) is 2. The molecule has 212 valence electrons. The van der Waals surface area contributed by atoms with Gasteiger partial charge in [0.25, 0.3) is 0 Å². The Morgan fingerprint density at radius 1 is 0.950 bits per heavy atom. The van der Waals surface area contributed by atoms with E-state index in [2.05, 4.69) is 15.6 Å². The highest BCUT2D eigenvalue weighted by atomic mass is 32.2. The molecule has 0 radical (unpaired) electrons. The first-order valence-electron chi connectivity index (χ1n) is 13.1. The molecule has 0 unspecified atom stereocenters. The number of ether oxygens (including phenoxy) is 1. The lowest BCUT2D eigenvalue weighted by Crippen LogP contribution is -2.51. The summed E-state index contributed by atoms with van der Waals surface area (Å²) in [6, 6.07) is 22.4. The minimum Gasteiger partial charge on any atom is -0.442 e. The number of nitrogens with zero attached hydrogens (tertiary/aromatic N) is 3. The molecule has 0 aliphatic heterocycles. The molecule has 0 spiro atoms. The number of aliphatic hydroxyl groups excluding tert-OH is 1. The monoisotopic (exact) mass is 566 g/mol. The van der Waals surface area contributed by atoms with Gasteiger partial charge in [-0.15, -0.1) is 0 Å². The molecule has 3 atom stereocenters. The van der Waals surface area contributed by atoms with E-state index in [1.54, 1.807) is 19.1 Å². The molecule has 1 heterocycles. The van der Waals surface area contributed by atoms with Crippen LogP contribution in [0.2, 0.25) is 0 Å². The first-order valence-corrected chi connectivity index (χ1v) is 14.5. The van der Waals surface area contributed by atoms with Gasteiger partial charge in [-0.2, -0.15) is 4.31 Å². The second kappa shape index (κ2) is 13.0. The Bertz CT molecular complexity index is 1490. The van der Waals surface area contributed by atoms with E-state index in [-0.39, 0.29) is 35.8 Å². The Labute approximate surface area is 234 Å². The van der Waals surface area contributed by atoms with Crippen LogP contribution in [0.4, 0.5) is 4.79 Å². The van der Waals surface area contributed by atoms with Gasteiger partial charge in [0.15, 0.2) is 5.52 Å². The van der Waals surface area contributed by atoms with Crippen LogP contribution in [0.15, 0.2) is 88.4 Å². The molecule has 3 aromatic carbocycles. The first kappa shape index (κ1) is 29.2. The average Bonchev–Trinajstić information content (AvgIpc) is 3.42. The van der Waals surface area contributed by atoms with Crippen molar-refractivity contribution in [1.82, 2.24) is 19.9 Å². The predicted octanol–water partition coefficient (Wildman–Crippen LogP) is 4.33. The Hall–Kier alpha value is -3.80. The van der Waals surface area contributed by atoms with E-state index in [0.717, 1.165) is 11.1 Å². The lowest BCUT2D eigenvalue weighted by molar-refractivity contribution is 0.0752. The second-order valence-electron chi connectivity index (χ2n) is 10.1. The Morgan fingerprint density at radius 3 is 2.30 bits per heavy atom. The fourth-order valence-electron chi connectivity index (χ4n) is 4.43. The van der Waals surface area contributed by atoms with Gasteiger partial charge >= 0.3 is 6.09 Å². The van der Waals surface area contributed by atoms with Crippen molar-refractivity contribution in [2.45, 2.75) is 50.3 Å². The topological polar surface area (TPSA) is 135 Å². The number of sulfonamides is 1. The largest absolute Gasteiger partial charge is 0.442 e. The van der Waals surface area contributed by atoms with Crippen molar-refractivity contribution >= 4 is 27.1 Å². The summed E-state index contributed by atoms with van der Waals surface area (Å²) < 4.78 is 39.2. The van der Waals surface area contributed by atoms with Crippen LogP contribution in [0.5, 0.6) is 0 Å². The summed E-state index contributed by atoms with van der Waals surface area (Å²) >= 11 is 0. The van der Waals surface area contributed by atoms with Crippen molar-refractivity contribution in [3.8, 4) is 0 Å². The van der Waals surface area contributed by atoms with Gasteiger partial charge in [-0.25, -0.2) is 17.8 Å². The number of carbonyl (C=O) groups is 1. The Kier molecular flexibility index (Phi) is 9.51. The van der Waals surface area contributed by atoms with Crippen molar-refractivity contribution in [2.24, 2.45) is 5.92 Å². The van der Waals surface area contributed by atoms with Crippen LogP contribution in [0.1, 0.15) is 38.0 Å². The molecule has 0 aliphatic carbocycles. The number of fused-ring (bicyclic) bond motifs is 1. The molecular weight excluding hydrogens is 532 g/mol. The molecule has 1 aromatic heterocycles. The van der Waals surface area contributed by atoms with E-state index in [4.69, 9.17) is 9.37 Å². The number of nitrogens with one attached hydrogen (secondary N) is 1. The highest BCUT2D eigenvalue weighted by molar-refractivity contribution is 7.89. The van der Waals surface area contributed by atoms with Gasteiger partial charge in [-0.1, -0.05) is 80.6 Å². The molecule has 0 fully saturated rings. The SMILES string of the molecule is CC(C)CN(C[C@@H](O)[C@H](Cc1ccccc1)NC(=O)O[C@@H](C)c1ccccc1)S(=O)(=O)c1cccc2nonc12. The quantitative estimate of drug-likeness (QED) is 0.259. The summed E-state index contributed by atoms with van der Waals surface area (Å²) in [6.45, 7) is 5.39.